The highest BCUT2D eigenvalue weighted by molar-refractivity contribution is 7.81. The van der Waals surface area contributed by atoms with Gasteiger partial charge >= 0.3 is 6.01 Å². The third kappa shape index (κ3) is 2.33. The molecule has 1 aliphatic heterocycles. The van der Waals surface area contributed by atoms with Crippen molar-refractivity contribution in [3.8, 4) is 11.5 Å². The maximum Gasteiger partial charge on any atom is 0.325 e. The van der Waals surface area contributed by atoms with Gasteiger partial charge in [-0.05, 0) is 24.3 Å². The van der Waals surface area contributed by atoms with Gasteiger partial charge in [-0.2, -0.15) is 12.6 Å². The number of halogens is 1. The third-order valence-electron chi connectivity index (χ3n) is 2.84. The van der Waals surface area contributed by atoms with Crippen LogP contribution in [0.3, 0.4) is 0 Å². The smallest absolute Gasteiger partial charge is 0.325 e. The molecular weight excluding hydrogens is 269 g/mol. The molecule has 0 N–H and O–H groups in total. The van der Waals surface area contributed by atoms with Gasteiger partial charge in [-0.25, -0.2) is 4.39 Å². The van der Waals surface area contributed by atoms with Crippen molar-refractivity contribution < 1.29 is 13.6 Å². The standard InChI is InChI=1S/C12H10FN3O2S/c13-8-3-1-7(2-4-8)11-14-15-12(18-11)16-6-9(19)5-10(16)17/h1-4,9,19H,5-6H2. The number of carbonyl (C=O) groups is 1. The van der Waals surface area contributed by atoms with E-state index >= 15 is 0 Å². The fourth-order valence-electron chi connectivity index (χ4n) is 1.91. The predicted molar refractivity (Wildman–Crippen MR) is 69.4 cm³/mol. The number of carbonyl (C=O) groups excluding carboxylic acids is 1. The highest BCUT2D eigenvalue weighted by Crippen LogP contribution is 2.26. The van der Waals surface area contributed by atoms with Gasteiger partial charge in [-0.3, -0.25) is 9.69 Å². The summed E-state index contributed by atoms with van der Waals surface area (Å²) < 4.78 is 18.3. The second-order valence-electron chi connectivity index (χ2n) is 4.26. The molecule has 2 heterocycles. The van der Waals surface area contributed by atoms with E-state index < -0.39 is 0 Å². The molecule has 0 aliphatic carbocycles. The Morgan fingerprint density at radius 2 is 2.05 bits per heavy atom. The van der Waals surface area contributed by atoms with Crippen LogP contribution in [0, 0.1) is 5.82 Å². The Morgan fingerprint density at radius 3 is 2.68 bits per heavy atom. The summed E-state index contributed by atoms with van der Waals surface area (Å²) in [4.78, 5) is 13.1. The number of nitrogens with zero attached hydrogens (tertiary/aromatic N) is 3. The quantitative estimate of drug-likeness (QED) is 0.853. The fourth-order valence-corrected chi connectivity index (χ4v) is 2.23. The van der Waals surface area contributed by atoms with Crippen LogP contribution < -0.4 is 4.90 Å². The van der Waals surface area contributed by atoms with Gasteiger partial charge in [-0.15, -0.1) is 5.10 Å². The van der Waals surface area contributed by atoms with Gasteiger partial charge in [0.05, 0.1) is 0 Å². The summed E-state index contributed by atoms with van der Waals surface area (Å²) in [5.74, 6) is -0.171. The van der Waals surface area contributed by atoms with Crippen LogP contribution in [0.15, 0.2) is 28.7 Å². The summed E-state index contributed by atoms with van der Waals surface area (Å²) in [6, 6.07) is 5.86. The van der Waals surface area contributed by atoms with E-state index in [2.05, 4.69) is 22.8 Å². The average Bonchev–Trinajstić information content (AvgIpc) is 2.97. The highest BCUT2D eigenvalue weighted by atomic mass is 32.1. The van der Waals surface area contributed by atoms with Gasteiger partial charge in [0.1, 0.15) is 5.82 Å². The molecular formula is C12H10FN3O2S. The van der Waals surface area contributed by atoms with E-state index in [4.69, 9.17) is 4.42 Å². The third-order valence-corrected chi connectivity index (χ3v) is 3.19. The van der Waals surface area contributed by atoms with Crippen molar-refractivity contribution in [1.82, 2.24) is 10.2 Å². The summed E-state index contributed by atoms with van der Waals surface area (Å²) >= 11 is 4.26. The van der Waals surface area contributed by atoms with Crippen molar-refractivity contribution in [2.45, 2.75) is 11.7 Å². The molecule has 5 nitrogen and oxygen atoms in total. The second-order valence-corrected chi connectivity index (χ2v) is 4.99. The van der Waals surface area contributed by atoms with Crippen LogP contribution in [-0.2, 0) is 4.79 Å². The van der Waals surface area contributed by atoms with Crippen LogP contribution in [-0.4, -0.2) is 27.9 Å². The number of hydrogen-bond donors (Lipinski definition) is 1. The Bertz CT molecular complexity index is 614. The average molecular weight is 279 g/mol. The molecule has 1 fully saturated rings. The first-order valence-electron chi connectivity index (χ1n) is 5.71. The Kier molecular flexibility index (Phi) is 2.98. The number of rotatable bonds is 2. The minimum absolute atomic E-state index is 0.0197. The minimum atomic E-state index is -0.337. The summed E-state index contributed by atoms with van der Waals surface area (Å²) in [6.45, 7) is 0.451. The Balaban J connectivity index is 1.87. The van der Waals surface area contributed by atoms with Gasteiger partial charge in [0.25, 0.3) is 0 Å². The first-order valence-corrected chi connectivity index (χ1v) is 6.23. The topological polar surface area (TPSA) is 59.2 Å². The molecule has 2 aromatic rings. The van der Waals surface area contributed by atoms with Crippen molar-refractivity contribution in [2.75, 3.05) is 11.4 Å². The van der Waals surface area contributed by atoms with Gasteiger partial charge in [0.2, 0.25) is 11.8 Å². The monoisotopic (exact) mass is 279 g/mol. The lowest BCUT2D eigenvalue weighted by Crippen LogP contribution is -2.24. The van der Waals surface area contributed by atoms with E-state index in [9.17, 15) is 9.18 Å². The van der Waals surface area contributed by atoms with E-state index in [1.807, 2.05) is 0 Å². The molecule has 1 aliphatic rings. The molecule has 0 spiro atoms. The lowest BCUT2D eigenvalue weighted by Gasteiger charge is -2.08. The van der Waals surface area contributed by atoms with E-state index in [1.165, 1.54) is 17.0 Å². The van der Waals surface area contributed by atoms with Crippen molar-refractivity contribution in [1.29, 1.82) is 0 Å². The lowest BCUT2D eigenvalue weighted by molar-refractivity contribution is -0.117. The predicted octanol–water partition coefficient (Wildman–Crippen LogP) is 1.91. The van der Waals surface area contributed by atoms with E-state index in [1.54, 1.807) is 12.1 Å². The van der Waals surface area contributed by atoms with Crippen LogP contribution in [0.5, 0.6) is 0 Å². The molecule has 19 heavy (non-hydrogen) atoms. The molecule has 0 radical (unpaired) electrons. The van der Waals surface area contributed by atoms with Crippen LogP contribution in [0.2, 0.25) is 0 Å². The van der Waals surface area contributed by atoms with E-state index in [0.717, 1.165) is 0 Å². The van der Waals surface area contributed by atoms with E-state index in [0.29, 0.717) is 18.5 Å². The van der Waals surface area contributed by atoms with Crippen molar-refractivity contribution >= 4 is 24.6 Å². The van der Waals surface area contributed by atoms with Crippen molar-refractivity contribution in [3.63, 3.8) is 0 Å². The largest absolute Gasteiger partial charge is 0.403 e. The normalized spacial score (nSPS) is 19.2. The number of amides is 1. The maximum atomic E-state index is 12.8. The number of anilines is 1. The summed E-state index contributed by atoms with van der Waals surface area (Å²) in [7, 11) is 0. The molecule has 1 amide bonds. The molecule has 7 heteroatoms. The van der Waals surface area contributed by atoms with Crippen molar-refractivity contribution in [2.24, 2.45) is 0 Å². The molecule has 1 unspecified atom stereocenters. The number of hydrogen-bond acceptors (Lipinski definition) is 5. The minimum Gasteiger partial charge on any atom is -0.403 e. The lowest BCUT2D eigenvalue weighted by atomic mass is 10.2. The zero-order chi connectivity index (χ0) is 13.4. The molecule has 98 valence electrons. The second kappa shape index (κ2) is 4.65. The molecule has 0 saturated carbocycles. The number of aromatic nitrogens is 2. The molecule has 1 atom stereocenters. The first kappa shape index (κ1) is 12.2. The molecule has 1 saturated heterocycles. The van der Waals surface area contributed by atoms with E-state index in [-0.39, 0.29) is 28.9 Å². The summed E-state index contributed by atoms with van der Waals surface area (Å²) in [5, 5.41) is 7.69. The molecule has 1 aromatic heterocycles. The number of thiol groups is 1. The Hall–Kier alpha value is -1.89. The van der Waals surface area contributed by atoms with Crippen LogP contribution in [0.1, 0.15) is 6.42 Å². The van der Waals surface area contributed by atoms with Gasteiger partial charge < -0.3 is 4.42 Å². The fraction of sp³-hybridized carbons (Fsp3) is 0.250. The maximum absolute atomic E-state index is 12.8. The molecule has 1 aromatic carbocycles. The zero-order valence-corrected chi connectivity index (χ0v) is 10.7. The molecule has 3 rings (SSSR count). The van der Waals surface area contributed by atoms with Crippen LogP contribution in [0.25, 0.3) is 11.5 Å². The van der Waals surface area contributed by atoms with Crippen LogP contribution >= 0.6 is 12.6 Å². The van der Waals surface area contributed by atoms with Gasteiger partial charge in [0, 0.05) is 23.8 Å². The number of benzene rings is 1. The zero-order valence-electron chi connectivity index (χ0n) is 9.78. The first-order chi connectivity index (χ1) is 9.13. The summed E-state index contributed by atoms with van der Waals surface area (Å²) in [5.41, 5.74) is 0.606. The van der Waals surface area contributed by atoms with Gasteiger partial charge in [-0.1, -0.05) is 5.10 Å². The van der Waals surface area contributed by atoms with Gasteiger partial charge in [0.15, 0.2) is 0 Å². The Labute approximate surface area is 113 Å². The Morgan fingerprint density at radius 1 is 1.32 bits per heavy atom. The summed E-state index contributed by atoms with van der Waals surface area (Å²) in [6.07, 6.45) is 0.359. The molecule has 0 bridgehead atoms. The SMILES string of the molecule is O=C1CC(S)CN1c1nnc(-c2ccc(F)cc2)o1. The van der Waals surface area contributed by atoms with Crippen molar-refractivity contribution in [3.05, 3.63) is 30.1 Å². The van der Waals surface area contributed by atoms with Crippen LogP contribution in [0.4, 0.5) is 10.4 Å². The highest BCUT2D eigenvalue weighted by Gasteiger charge is 2.31.